The van der Waals surface area contributed by atoms with Gasteiger partial charge in [0.25, 0.3) is 0 Å². The highest BCUT2D eigenvalue weighted by atomic mass is 15.0. The molecule has 1 aliphatic heterocycles. The van der Waals surface area contributed by atoms with Gasteiger partial charge in [-0.25, -0.2) is 0 Å². The summed E-state index contributed by atoms with van der Waals surface area (Å²) in [5.41, 5.74) is 3.85. The van der Waals surface area contributed by atoms with E-state index in [4.69, 9.17) is 0 Å². The van der Waals surface area contributed by atoms with Crippen LogP contribution >= 0.6 is 0 Å². The van der Waals surface area contributed by atoms with Crippen molar-refractivity contribution >= 4 is 22.4 Å². The molecule has 14 heavy (non-hydrogen) atoms. The predicted octanol–water partition coefficient (Wildman–Crippen LogP) is 1.94. The highest BCUT2D eigenvalue weighted by Crippen LogP contribution is 2.28. The van der Waals surface area contributed by atoms with Gasteiger partial charge in [-0.3, -0.25) is 9.97 Å². The van der Waals surface area contributed by atoms with Crippen LogP contribution in [-0.2, 0) is 0 Å². The summed E-state index contributed by atoms with van der Waals surface area (Å²) in [5.74, 6) is 0. The quantitative estimate of drug-likeness (QED) is 0.657. The molecular formula is C10H8N4. The second kappa shape index (κ2) is 2.70. The van der Waals surface area contributed by atoms with E-state index in [-0.39, 0.29) is 0 Å². The first-order valence-electron chi connectivity index (χ1n) is 4.36. The van der Waals surface area contributed by atoms with Crippen molar-refractivity contribution in [3.8, 4) is 0 Å². The van der Waals surface area contributed by atoms with Gasteiger partial charge in [-0.15, -0.1) is 0 Å². The van der Waals surface area contributed by atoms with Crippen molar-refractivity contribution < 1.29 is 0 Å². The Morgan fingerprint density at radius 3 is 1.79 bits per heavy atom. The van der Waals surface area contributed by atoms with E-state index in [2.05, 4.69) is 20.6 Å². The first kappa shape index (κ1) is 7.32. The fraction of sp³-hybridized carbons (Fsp3) is 0. The lowest BCUT2D eigenvalue weighted by Crippen LogP contribution is -2.02. The second-order valence-electron chi connectivity index (χ2n) is 3.06. The van der Waals surface area contributed by atoms with Crippen LogP contribution in [0.15, 0.2) is 36.9 Å². The number of hydrogen-bond acceptors (Lipinski definition) is 4. The maximum atomic E-state index is 4.23. The molecule has 0 spiro atoms. The zero-order valence-corrected chi connectivity index (χ0v) is 7.36. The molecule has 0 saturated carbocycles. The highest BCUT2D eigenvalue weighted by Gasteiger charge is 2.06. The normalized spacial score (nSPS) is 13.1. The minimum Gasteiger partial charge on any atom is -0.359 e. The Hall–Kier alpha value is -2.10. The first-order valence-corrected chi connectivity index (χ1v) is 4.36. The van der Waals surface area contributed by atoms with Crippen molar-refractivity contribution in [2.45, 2.75) is 0 Å². The van der Waals surface area contributed by atoms with Crippen molar-refractivity contribution in [2.24, 2.45) is 0 Å². The Labute approximate surface area is 80.7 Å². The molecule has 1 aliphatic rings. The summed E-state index contributed by atoms with van der Waals surface area (Å²) in [6, 6.07) is 3.96. The summed E-state index contributed by atoms with van der Waals surface area (Å²) in [6.07, 6.45) is 7.09. The van der Waals surface area contributed by atoms with Gasteiger partial charge in [0.15, 0.2) is 0 Å². The molecule has 2 N–H and O–H groups in total. The van der Waals surface area contributed by atoms with Crippen molar-refractivity contribution in [3.63, 3.8) is 0 Å². The van der Waals surface area contributed by atoms with E-state index in [0.29, 0.717) is 0 Å². The third-order valence-corrected chi connectivity index (χ3v) is 2.17. The largest absolute Gasteiger partial charge is 0.359 e. The number of hydrogen-bond donors (Lipinski definition) is 2. The zero-order valence-electron chi connectivity index (χ0n) is 7.36. The van der Waals surface area contributed by atoms with E-state index in [1.807, 2.05) is 24.5 Å². The van der Waals surface area contributed by atoms with Gasteiger partial charge in [0, 0.05) is 24.8 Å². The van der Waals surface area contributed by atoms with Crippen LogP contribution in [0.4, 0.5) is 11.4 Å². The Bertz CT molecular complexity index is 472. The Balaban J connectivity index is 2.30. The molecule has 0 radical (unpaired) electrons. The monoisotopic (exact) mass is 184 g/mol. The molecule has 4 heteroatoms. The van der Waals surface area contributed by atoms with Crippen molar-refractivity contribution in [1.82, 2.24) is 9.97 Å². The maximum absolute atomic E-state index is 4.23. The maximum Gasteiger partial charge on any atom is 0.0909 e. The summed E-state index contributed by atoms with van der Waals surface area (Å²) in [7, 11) is 0. The van der Waals surface area contributed by atoms with Crippen LogP contribution in [0.2, 0.25) is 0 Å². The van der Waals surface area contributed by atoms with Crippen LogP contribution in [0.1, 0.15) is 0 Å². The van der Waals surface area contributed by atoms with Gasteiger partial charge in [0.05, 0.1) is 22.4 Å². The fourth-order valence-electron chi connectivity index (χ4n) is 1.51. The van der Waals surface area contributed by atoms with Crippen molar-refractivity contribution in [2.75, 3.05) is 10.6 Å². The van der Waals surface area contributed by atoms with Gasteiger partial charge in [-0.2, -0.15) is 0 Å². The van der Waals surface area contributed by atoms with E-state index in [1.54, 1.807) is 12.4 Å². The van der Waals surface area contributed by atoms with Crippen LogP contribution in [-0.4, -0.2) is 9.97 Å². The summed E-state index contributed by atoms with van der Waals surface area (Å²) in [4.78, 5) is 8.47. The highest BCUT2D eigenvalue weighted by molar-refractivity contribution is 5.88. The van der Waals surface area contributed by atoms with E-state index in [0.717, 1.165) is 22.4 Å². The van der Waals surface area contributed by atoms with Crippen LogP contribution in [0.5, 0.6) is 0 Å². The number of anilines is 2. The molecule has 3 rings (SSSR count). The molecule has 68 valence electrons. The lowest BCUT2D eigenvalue weighted by molar-refractivity contribution is 1.29. The van der Waals surface area contributed by atoms with Gasteiger partial charge < -0.3 is 10.6 Å². The van der Waals surface area contributed by atoms with Crippen molar-refractivity contribution in [1.29, 1.82) is 0 Å². The van der Waals surface area contributed by atoms with Gasteiger partial charge in [0.1, 0.15) is 0 Å². The Morgan fingerprint density at radius 1 is 0.786 bits per heavy atom. The topological polar surface area (TPSA) is 49.8 Å². The molecule has 0 aliphatic carbocycles. The average Bonchev–Trinajstić information content (AvgIpc) is 2.26. The Kier molecular flexibility index (Phi) is 1.41. The molecule has 0 bridgehead atoms. The molecule has 4 nitrogen and oxygen atoms in total. The fourth-order valence-corrected chi connectivity index (χ4v) is 1.51. The van der Waals surface area contributed by atoms with Crippen LogP contribution < -0.4 is 10.6 Å². The van der Waals surface area contributed by atoms with E-state index < -0.39 is 0 Å². The number of nitrogens with zero attached hydrogens (tertiary/aromatic N) is 2. The minimum absolute atomic E-state index is 0.899. The summed E-state index contributed by atoms with van der Waals surface area (Å²) >= 11 is 0. The molecule has 0 atom stereocenters. The molecule has 0 fully saturated rings. The van der Waals surface area contributed by atoms with E-state index in [9.17, 15) is 0 Å². The van der Waals surface area contributed by atoms with Gasteiger partial charge in [-0.1, -0.05) is 0 Å². The Morgan fingerprint density at radius 2 is 1.29 bits per heavy atom. The summed E-state index contributed by atoms with van der Waals surface area (Å²) < 4.78 is 0. The minimum atomic E-state index is 0.899. The summed E-state index contributed by atoms with van der Waals surface area (Å²) in [6.45, 7) is 0. The molecule has 1 aromatic heterocycles. The zero-order chi connectivity index (χ0) is 9.38. The first-order chi connectivity index (χ1) is 6.93. The van der Waals surface area contributed by atoms with Gasteiger partial charge in [-0.05, 0) is 12.1 Å². The molecule has 2 aromatic rings. The van der Waals surface area contributed by atoms with Crippen molar-refractivity contribution in [3.05, 3.63) is 36.9 Å². The molecule has 1 aromatic carbocycles. The molecule has 2 heterocycles. The molecule has 0 saturated heterocycles. The molecular weight excluding hydrogens is 176 g/mol. The third-order valence-electron chi connectivity index (χ3n) is 2.17. The summed E-state index contributed by atoms with van der Waals surface area (Å²) in [5, 5.41) is 6.29. The number of benzene rings is 1. The van der Waals surface area contributed by atoms with Crippen LogP contribution in [0, 0.1) is 0 Å². The average molecular weight is 184 g/mol. The SMILES string of the molecule is C1=CNc2cc3nccnc3cc2N1. The smallest absolute Gasteiger partial charge is 0.0909 e. The number of aromatic nitrogens is 2. The number of nitrogens with one attached hydrogen (secondary N) is 2. The third kappa shape index (κ3) is 1.01. The van der Waals surface area contributed by atoms with Gasteiger partial charge in [0.2, 0.25) is 0 Å². The van der Waals surface area contributed by atoms with Crippen LogP contribution in [0.25, 0.3) is 11.0 Å². The number of rotatable bonds is 0. The molecule has 0 amide bonds. The predicted molar refractivity (Wildman–Crippen MR) is 55.9 cm³/mol. The lowest BCUT2D eigenvalue weighted by Gasteiger charge is -2.14. The van der Waals surface area contributed by atoms with Crippen LogP contribution in [0.3, 0.4) is 0 Å². The van der Waals surface area contributed by atoms with E-state index >= 15 is 0 Å². The van der Waals surface area contributed by atoms with E-state index in [1.165, 1.54) is 0 Å². The van der Waals surface area contributed by atoms with Gasteiger partial charge >= 0.3 is 0 Å². The molecule has 0 unspecified atom stereocenters. The standard InChI is InChI=1S/C10H8N4/c1-2-12-8-6-10-9(5-7(8)11-1)13-3-4-14-10/h1-6,11-12H. The lowest BCUT2D eigenvalue weighted by atomic mass is 10.2. The number of fused-ring (bicyclic) bond motifs is 2. The second-order valence-corrected chi connectivity index (χ2v) is 3.06.